The number of halogens is 2. The van der Waals surface area contributed by atoms with Crippen molar-refractivity contribution < 1.29 is 13.9 Å². The first-order valence-electron chi connectivity index (χ1n) is 8.41. The van der Waals surface area contributed by atoms with Crippen molar-refractivity contribution in [3.8, 4) is 17.1 Å². The monoisotopic (exact) mass is 382 g/mol. The molecule has 8 heteroatoms. The number of ether oxygens (including phenoxy) is 2. The predicted octanol–water partition coefficient (Wildman–Crippen LogP) is 2.99. The molecule has 0 atom stereocenters. The number of hydrogen-bond donors (Lipinski definition) is 1. The molecule has 0 bridgehead atoms. The van der Waals surface area contributed by atoms with Crippen LogP contribution in [0.25, 0.3) is 11.4 Å². The lowest BCUT2D eigenvalue weighted by Crippen LogP contribution is -2.17. The minimum atomic E-state index is 0. The van der Waals surface area contributed by atoms with Crippen molar-refractivity contribution in [2.45, 2.75) is 18.8 Å². The van der Waals surface area contributed by atoms with Gasteiger partial charge in [-0.2, -0.15) is 5.10 Å². The van der Waals surface area contributed by atoms with Gasteiger partial charge in [0.2, 0.25) is 0 Å². The van der Waals surface area contributed by atoms with Gasteiger partial charge in [-0.25, -0.2) is 9.37 Å². The molecule has 1 aliphatic heterocycles. The molecule has 1 saturated heterocycles. The van der Waals surface area contributed by atoms with Gasteiger partial charge in [0.25, 0.3) is 0 Å². The van der Waals surface area contributed by atoms with Crippen LogP contribution in [0.5, 0.6) is 5.75 Å². The topological polar surface area (TPSA) is 75.2 Å². The molecule has 2 aromatic rings. The van der Waals surface area contributed by atoms with Gasteiger partial charge in [0, 0.05) is 43.9 Å². The summed E-state index contributed by atoms with van der Waals surface area (Å²) < 4.78 is 25.3. The van der Waals surface area contributed by atoms with Crippen LogP contribution in [-0.2, 0) is 11.8 Å². The molecule has 0 saturated carbocycles. The average Bonchev–Trinajstić information content (AvgIpc) is 3.05. The van der Waals surface area contributed by atoms with E-state index >= 15 is 0 Å². The third kappa shape index (κ3) is 4.81. The second kappa shape index (κ2) is 9.66. The quantitative estimate of drug-likeness (QED) is 0.831. The van der Waals surface area contributed by atoms with Crippen LogP contribution in [0.3, 0.4) is 0 Å². The van der Waals surface area contributed by atoms with Gasteiger partial charge in [0.05, 0.1) is 6.33 Å². The van der Waals surface area contributed by atoms with Gasteiger partial charge in [-0.3, -0.25) is 4.68 Å². The standard InChI is InChI=1S/C18H23FN4O2.ClH/c1-23-18(15-6-8-24-9-7-15)21-17(22-23)14-2-4-16(5-3-14)25-12-13(10-19)11-20;/h2-5,10,15H,6-9,11-12,20H2,1H3;1H/b13-10+;. The van der Waals surface area contributed by atoms with Crippen molar-refractivity contribution in [1.82, 2.24) is 14.8 Å². The maximum atomic E-state index is 12.5. The number of hydrogen-bond acceptors (Lipinski definition) is 5. The predicted molar refractivity (Wildman–Crippen MR) is 100 cm³/mol. The summed E-state index contributed by atoms with van der Waals surface area (Å²) in [4.78, 5) is 4.71. The van der Waals surface area contributed by atoms with Gasteiger partial charge in [-0.05, 0) is 37.1 Å². The molecule has 1 aromatic carbocycles. The molecule has 1 aromatic heterocycles. The highest BCUT2D eigenvalue weighted by atomic mass is 35.5. The second-order valence-electron chi connectivity index (χ2n) is 6.09. The van der Waals surface area contributed by atoms with E-state index in [4.69, 9.17) is 20.2 Å². The van der Waals surface area contributed by atoms with Crippen LogP contribution in [-0.4, -0.2) is 41.1 Å². The van der Waals surface area contributed by atoms with Crippen LogP contribution in [0.2, 0.25) is 0 Å². The fourth-order valence-electron chi connectivity index (χ4n) is 2.84. The van der Waals surface area contributed by atoms with Crippen LogP contribution in [0.4, 0.5) is 4.39 Å². The largest absolute Gasteiger partial charge is 0.489 e. The van der Waals surface area contributed by atoms with Crippen molar-refractivity contribution >= 4 is 12.4 Å². The molecule has 0 aliphatic carbocycles. The molecule has 6 nitrogen and oxygen atoms in total. The SMILES string of the molecule is Cl.Cn1nc(-c2ccc(OC/C(=C/F)CN)cc2)nc1C1CCOCC1. The Morgan fingerprint density at radius 3 is 2.65 bits per heavy atom. The van der Waals surface area contributed by atoms with E-state index in [9.17, 15) is 4.39 Å². The highest BCUT2D eigenvalue weighted by molar-refractivity contribution is 5.85. The molecular weight excluding hydrogens is 359 g/mol. The molecule has 142 valence electrons. The summed E-state index contributed by atoms with van der Waals surface area (Å²) in [6, 6.07) is 7.46. The first-order valence-corrected chi connectivity index (χ1v) is 8.41. The lowest BCUT2D eigenvalue weighted by molar-refractivity contribution is 0.0828. The Morgan fingerprint density at radius 2 is 2.04 bits per heavy atom. The minimum Gasteiger partial charge on any atom is -0.489 e. The van der Waals surface area contributed by atoms with E-state index < -0.39 is 0 Å². The van der Waals surface area contributed by atoms with Crippen LogP contribution < -0.4 is 10.5 Å². The molecule has 26 heavy (non-hydrogen) atoms. The summed E-state index contributed by atoms with van der Waals surface area (Å²) in [5.41, 5.74) is 6.74. The van der Waals surface area contributed by atoms with Crippen LogP contribution >= 0.6 is 12.4 Å². The smallest absolute Gasteiger partial charge is 0.181 e. The molecule has 0 amide bonds. The molecule has 0 radical (unpaired) electrons. The van der Waals surface area contributed by atoms with Crippen LogP contribution in [0.15, 0.2) is 36.2 Å². The Balaban J connectivity index is 0.00000243. The number of aromatic nitrogens is 3. The Labute approximate surface area is 158 Å². The summed E-state index contributed by atoms with van der Waals surface area (Å²) in [5.74, 6) is 2.74. The molecular formula is C18H24ClFN4O2. The molecule has 2 N–H and O–H groups in total. The van der Waals surface area contributed by atoms with E-state index in [1.807, 2.05) is 36.0 Å². The molecule has 2 heterocycles. The van der Waals surface area contributed by atoms with Crippen molar-refractivity contribution in [2.24, 2.45) is 12.8 Å². The van der Waals surface area contributed by atoms with E-state index in [0.717, 1.165) is 37.4 Å². The van der Waals surface area contributed by atoms with Gasteiger partial charge in [-0.15, -0.1) is 12.4 Å². The van der Waals surface area contributed by atoms with Crippen molar-refractivity contribution in [3.05, 3.63) is 42.0 Å². The summed E-state index contributed by atoms with van der Waals surface area (Å²) in [6.45, 7) is 1.83. The molecule has 0 unspecified atom stereocenters. The number of nitrogens with two attached hydrogens (primary N) is 1. The van der Waals surface area contributed by atoms with Gasteiger partial charge in [0.1, 0.15) is 18.2 Å². The summed E-state index contributed by atoms with van der Waals surface area (Å²) in [7, 11) is 1.93. The normalized spacial score (nSPS) is 15.6. The first kappa shape index (κ1) is 20.4. The zero-order valence-corrected chi connectivity index (χ0v) is 15.5. The van der Waals surface area contributed by atoms with Gasteiger partial charge in [0.15, 0.2) is 5.82 Å². The first-order chi connectivity index (χ1) is 12.2. The maximum absolute atomic E-state index is 12.5. The summed E-state index contributed by atoms with van der Waals surface area (Å²) in [5, 5.41) is 4.54. The van der Waals surface area contributed by atoms with Gasteiger partial charge < -0.3 is 15.2 Å². The fourth-order valence-corrected chi connectivity index (χ4v) is 2.84. The van der Waals surface area contributed by atoms with Crippen LogP contribution in [0, 0.1) is 0 Å². The fraction of sp³-hybridized carbons (Fsp3) is 0.444. The zero-order valence-electron chi connectivity index (χ0n) is 14.7. The van der Waals surface area contributed by atoms with Crippen molar-refractivity contribution in [2.75, 3.05) is 26.4 Å². The Kier molecular flexibility index (Phi) is 7.56. The molecule has 1 fully saturated rings. The molecule has 3 rings (SSSR count). The molecule has 1 aliphatic rings. The van der Waals surface area contributed by atoms with Crippen molar-refractivity contribution in [3.63, 3.8) is 0 Å². The zero-order chi connectivity index (χ0) is 17.6. The Hall–Kier alpha value is -1.96. The van der Waals surface area contributed by atoms with E-state index in [0.29, 0.717) is 29.4 Å². The summed E-state index contributed by atoms with van der Waals surface area (Å²) in [6.07, 6.45) is 2.44. The highest BCUT2D eigenvalue weighted by Crippen LogP contribution is 2.27. The number of benzene rings is 1. The van der Waals surface area contributed by atoms with E-state index in [2.05, 4.69) is 5.10 Å². The maximum Gasteiger partial charge on any atom is 0.181 e. The third-order valence-corrected chi connectivity index (χ3v) is 4.34. The molecule has 0 spiro atoms. The van der Waals surface area contributed by atoms with E-state index in [-0.39, 0.29) is 25.6 Å². The van der Waals surface area contributed by atoms with E-state index in [1.54, 1.807) is 0 Å². The lowest BCUT2D eigenvalue weighted by Gasteiger charge is -2.20. The summed E-state index contributed by atoms with van der Waals surface area (Å²) >= 11 is 0. The number of nitrogens with zero attached hydrogens (tertiary/aromatic N) is 3. The lowest BCUT2D eigenvalue weighted by atomic mass is 9.99. The van der Waals surface area contributed by atoms with Crippen LogP contribution in [0.1, 0.15) is 24.6 Å². The number of aryl methyl sites for hydroxylation is 1. The Morgan fingerprint density at radius 1 is 1.35 bits per heavy atom. The second-order valence-corrected chi connectivity index (χ2v) is 6.09. The van der Waals surface area contributed by atoms with Gasteiger partial charge in [-0.1, -0.05) is 0 Å². The van der Waals surface area contributed by atoms with Crippen molar-refractivity contribution in [1.29, 1.82) is 0 Å². The average molecular weight is 383 g/mol. The van der Waals surface area contributed by atoms with Gasteiger partial charge >= 0.3 is 0 Å². The number of rotatable bonds is 6. The highest BCUT2D eigenvalue weighted by Gasteiger charge is 2.22. The minimum absolute atomic E-state index is 0. The van der Waals surface area contributed by atoms with E-state index in [1.165, 1.54) is 0 Å². The third-order valence-electron chi connectivity index (χ3n) is 4.34. The Bertz CT molecular complexity index is 727.